The Hall–Kier alpha value is -3.28. The van der Waals surface area contributed by atoms with Gasteiger partial charge in [0.15, 0.2) is 11.5 Å². The molecule has 0 aromatic heterocycles. The van der Waals surface area contributed by atoms with Crippen LogP contribution in [0.1, 0.15) is 11.1 Å². The molecule has 0 aliphatic rings. The molecule has 6 nitrogen and oxygen atoms in total. The van der Waals surface area contributed by atoms with Gasteiger partial charge in [0.25, 0.3) is 5.91 Å². The van der Waals surface area contributed by atoms with Crippen molar-refractivity contribution < 1.29 is 19.4 Å². The second kappa shape index (κ2) is 10.8. The van der Waals surface area contributed by atoms with Gasteiger partial charge in [0, 0.05) is 10.2 Å². The molecule has 8 heteroatoms. The van der Waals surface area contributed by atoms with Crippen molar-refractivity contribution in [3.8, 4) is 23.3 Å². The van der Waals surface area contributed by atoms with Crippen LogP contribution in [0, 0.1) is 11.3 Å². The van der Waals surface area contributed by atoms with Gasteiger partial charge in [-0.15, -0.1) is 0 Å². The Bertz CT molecular complexity index is 1180. The van der Waals surface area contributed by atoms with Crippen molar-refractivity contribution in [3.05, 3.63) is 86.3 Å². The Morgan fingerprint density at radius 3 is 2.44 bits per heavy atom. The Balaban J connectivity index is 1.80. The highest BCUT2D eigenvalue weighted by Gasteiger charge is 2.14. The van der Waals surface area contributed by atoms with Crippen molar-refractivity contribution in [2.45, 2.75) is 6.61 Å². The van der Waals surface area contributed by atoms with Gasteiger partial charge in [0.1, 0.15) is 24.0 Å². The van der Waals surface area contributed by atoms with E-state index in [-0.39, 0.29) is 11.3 Å². The average Bonchev–Trinajstić information content (AvgIpc) is 2.79. The van der Waals surface area contributed by atoms with Gasteiger partial charge in [0.2, 0.25) is 0 Å². The number of carbonyl (C=O) groups is 1. The first-order valence-corrected chi connectivity index (χ1v) is 10.9. The molecule has 0 unspecified atom stereocenters. The van der Waals surface area contributed by atoms with Gasteiger partial charge in [-0.3, -0.25) is 4.79 Å². The molecule has 3 rings (SSSR count). The topological polar surface area (TPSA) is 91.6 Å². The van der Waals surface area contributed by atoms with Gasteiger partial charge < -0.3 is 19.9 Å². The largest absolute Gasteiger partial charge is 0.508 e. The first-order chi connectivity index (χ1) is 15.4. The van der Waals surface area contributed by atoms with Crippen LogP contribution in [0.2, 0.25) is 0 Å². The average molecular weight is 558 g/mol. The minimum absolute atomic E-state index is 0.0819. The standard InChI is InChI=1S/C24H18Br2N2O4/c1-31-22-12-16(10-17(13-27)24(30)28-19-6-8-20(29)9-7-19)11-21(26)23(22)32-14-15-2-4-18(25)5-3-15/h2-12,29H,14H2,1H3,(H,28,30)/b17-10-. The molecular weight excluding hydrogens is 540 g/mol. The van der Waals surface area contributed by atoms with Gasteiger partial charge in [-0.1, -0.05) is 28.1 Å². The predicted molar refractivity (Wildman–Crippen MR) is 129 cm³/mol. The smallest absolute Gasteiger partial charge is 0.266 e. The molecule has 2 N–H and O–H groups in total. The minimum Gasteiger partial charge on any atom is -0.508 e. The van der Waals surface area contributed by atoms with Gasteiger partial charge in [-0.25, -0.2) is 0 Å². The predicted octanol–water partition coefficient (Wildman–Crippen LogP) is 6.05. The van der Waals surface area contributed by atoms with E-state index in [0.29, 0.717) is 33.8 Å². The zero-order valence-corrected chi connectivity index (χ0v) is 20.1. The lowest BCUT2D eigenvalue weighted by molar-refractivity contribution is -0.112. The van der Waals surface area contributed by atoms with Crippen molar-refractivity contribution in [1.82, 2.24) is 0 Å². The molecule has 0 aliphatic heterocycles. The lowest BCUT2D eigenvalue weighted by Crippen LogP contribution is -2.13. The van der Waals surface area contributed by atoms with E-state index >= 15 is 0 Å². The van der Waals surface area contributed by atoms with Crippen LogP contribution < -0.4 is 14.8 Å². The summed E-state index contributed by atoms with van der Waals surface area (Å²) in [7, 11) is 1.52. The highest BCUT2D eigenvalue weighted by molar-refractivity contribution is 9.10. The number of benzene rings is 3. The van der Waals surface area contributed by atoms with E-state index in [1.807, 2.05) is 30.3 Å². The molecule has 162 valence electrons. The zero-order valence-electron chi connectivity index (χ0n) is 16.9. The number of aromatic hydroxyl groups is 1. The maximum Gasteiger partial charge on any atom is 0.266 e. The minimum atomic E-state index is -0.566. The summed E-state index contributed by atoms with van der Waals surface area (Å²) in [5, 5.41) is 21.4. The number of phenols is 1. The van der Waals surface area contributed by atoms with Crippen molar-refractivity contribution in [3.63, 3.8) is 0 Å². The number of nitrogens with one attached hydrogen (secondary N) is 1. The van der Waals surface area contributed by atoms with Crippen LogP contribution in [0.3, 0.4) is 0 Å². The van der Waals surface area contributed by atoms with E-state index in [1.165, 1.54) is 25.3 Å². The van der Waals surface area contributed by atoms with Gasteiger partial charge in [-0.2, -0.15) is 5.26 Å². The summed E-state index contributed by atoms with van der Waals surface area (Å²) in [4.78, 5) is 12.5. The first kappa shape index (κ1) is 23.4. The number of halogens is 2. The summed E-state index contributed by atoms with van der Waals surface area (Å²) in [6, 6.07) is 19.1. The van der Waals surface area contributed by atoms with Crippen LogP contribution in [0.4, 0.5) is 5.69 Å². The highest BCUT2D eigenvalue weighted by Crippen LogP contribution is 2.38. The monoisotopic (exact) mass is 556 g/mol. The summed E-state index contributed by atoms with van der Waals surface area (Å²) in [6.07, 6.45) is 1.46. The second-order valence-electron chi connectivity index (χ2n) is 6.62. The number of amides is 1. The number of hydrogen-bond acceptors (Lipinski definition) is 5. The molecule has 0 saturated carbocycles. The molecule has 0 bridgehead atoms. The van der Waals surface area contributed by atoms with E-state index in [4.69, 9.17) is 9.47 Å². The molecule has 0 atom stereocenters. The number of nitriles is 1. The molecule has 0 heterocycles. The van der Waals surface area contributed by atoms with Crippen molar-refractivity contribution >= 4 is 49.5 Å². The number of phenolic OH excluding ortho intramolecular Hbond substituents is 1. The number of rotatable bonds is 7. The van der Waals surface area contributed by atoms with E-state index in [9.17, 15) is 15.2 Å². The van der Waals surface area contributed by atoms with Gasteiger partial charge >= 0.3 is 0 Å². The number of hydrogen-bond donors (Lipinski definition) is 2. The molecule has 0 radical (unpaired) electrons. The van der Waals surface area contributed by atoms with E-state index in [2.05, 4.69) is 37.2 Å². The third-order valence-electron chi connectivity index (χ3n) is 4.35. The number of nitrogens with zero attached hydrogens (tertiary/aromatic N) is 1. The number of ether oxygens (including phenoxy) is 2. The Morgan fingerprint density at radius 2 is 1.81 bits per heavy atom. The van der Waals surface area contributed by atoms with Gasteiger partial charge in [0.05, 0.1) is 11.6 Å². The summed E-state index contributed by atoms with van der Waals surface area (Å²) in [5.41, 5.74) is 1.95. The summed E-state index contributed by atoms with van der Waals surface area (Å²) < 4.78 is 13.0. The number of carbonyl (C=O) groups excluding carboxylic acids is 1. The number of methoxy groups -OCH3 is 1. The fraction of sp³-hybridized carbons (Fsp3) is 0.0833. The third kappa shape index (κ3) is 6.13. The van der Waals surface area contributed by atoms with Crippen LogP contribution >= 0.6 is 31.9 Å². The van der Waals surface area contributed by atoms with Crippen molar-refractivity contribution in [2.24, 2.45) is 0 Å². The normalized spacial score (nSPS) is 10.9. The fourth-order valence-corrected chi connectivity index (χ4v) is 3.60. The van der Waals surface area contributed by atoms with Crippen molar-refractivity contribution in [1.29, 1.82) is 5.26 Å². The lowest BCUT2D eigenvalue weighted by Gasteiger charge is -2.14. The Morgan fingerprint density at radius 1 is 1.12 bits per heavy atom. The molecule has 3 aromatic carbocycles. The molecule has 32 heavy (non-hydrogen) atoms. The maximum absolute atomic E-state index is 12.5. The third-order valence-corrected chi connectivity index (χ3v) is 5.47. The molecule has 0 fully saturated rings. The van der Waals surface area contributed by atoms with Gasteiger partial charge in [-0.05, 0) is 81.7 Å². The highest BCUT2D eigenvalue weighted by atomic mass is 79.9. The quantitative estimate of drug-likeness (QED) is 0.209. The summed E-state index contributed by atoms with van der Waals surface area (Å²) in [5.74, 6) is 0.487. The van der Waals surface area contributed by atoms with E-state index in [0.717, 1.165) is 10.0 Å². The zero-order chi connectivity index (χ0) is 23.1. The van der Waals surface area contributed by atoms with E-state index < -0.39 is 5.91 Å². The second-order valence-corrected chi connectivity index (χ2v) is 8.39. The Labute approximate surface area is 202 Å². The molecule has 0 aliphatic carbocycles. The van der Waals surface area contributed by atoms with Crippen LogP contribution in [0.25, 0.3) is 6.08 Å². The Kier molecular flexibility index (Phi) is 7.92. The first-order valence-electron chi connectivity index (χ1n) is 9.36. The molecule has 0 saturated heterocycles. The molecular formula is C24H18Br2N2O4. The SMILES string of the molecule is COc1cc(/C=C(/C#N)C(=O)Nc2ccc(O)cc2)cc(Br)c1OCc1ccc(Br)cc1. The van der Waals surface area contributed by atoms with E-state index in [1.54, 1.807) is 24.3 Å². The lowest BCUT2D eigenvalue weighted by atomic mass is 10.1. The summed E-state index contributed by atoms with van der Waals surface area (Å²) in [6.45, 7) is 0.343. The van der Waals surface area contributed by atoms with Crippen LogP contribution in [-0.2, 0) is 11.4 Å². The molecule has 1 amide bonds. The molecule has 0 spiro atoms. The molecule has 3 aromatic rings. The summed E-state index contributed by atoms with van der Waals surface area (Å²) >= 11 is 6.89. The van der Waals surface area contributed by atoms with Crippen LogP contribution in [-0.4, -0.2) is 18.1 Å². The maximum atomic E-state index is 12.5. The van der Waals surface area contributed by atoms with Crippen LogP contribution in [0.15, 0.2) is 75.2 Å². The van der Waals surface area contributed by atoms with Crippen LogP contribution in [0.5, 0.6) is 17.2 Å². The fourth-order valence-electron chi connectivity index (χ4n) is 2.76. The number of anilines is 1. The van der Waals surface area contributed by atoms with Crippen molar-refractivity contribution in [2.75, 3.05) is 12.4 Å².